The third-order valence-electron chi connectivity index (χ3n) is 6.28. The molecule has 0 radical (unpaired) electrons. The largest absolute Gasteiger partial charge is 0.465 e. The minimum atomic E-state index is -0.632. The van der Waals surface area contributed by atoms with E-state index >= 15 is 0 Å². The average Bonchev–Trinajstić information content (AvgIpc) is 3.28. The number of hydrogen-bond acceptors (Lipinski definition) is 8. The third-order valence-corrected chi connectivity index (χ3v) is 9.06. The number of rotatable bonds is 7. The Bertz CT molecular complexity index is 1570. The molecule has 2 aromatic carbocycles. The predicted octanol–water partition coefficient (Wildman–Crippen LogP) is 7.51. The number of thiophene rings is 1. The van der Waals surface area contributed by atoms with Crippen molar-refractivity contribution in [3.8, 4) is 0 Å². The van der Waals surface area contributed by atoms with E-state index in [1.807, 2.05) is 6.07 Å². The van der Waals surface area contributed by atoms with Crippen molar-refractivity contribution >= 4 is 80.9 Å². The molecule has 2 heterocycles. The van der Waals surface area contributed by atoms with E-state index in [1.54, 1.807) is 62.9 Å². The first kappa shape index (κ1) is 32.7. The first-order valence-corrected chi connectivity index (χ1v) is 15.8. The predicted molar refractivity (Wildman–Crippen MR) is 171 cm³/mol. The molecule has 3 aromatic rings. The first-order valence-electron chi connectivity index (χ1n) is 13.3. The fraction of sp³-hybridized carbons (Fsp3) is 0.333. The Morgan fingerprint density at radius 1 is 1.07 bits per heavy atom. The van der Waals surface area contributed by atoms with Crippen LogP contribution in [-0.4, -0.2) is 53.3 Å². The molecule has 0 aliphatic carbocycles. The van der Waals surface area contributed by atoms with E-state index in [9.17, 15) is 19.2 Å². The van der Waals surface area contributed by atoms with Crippen molar-refractivity contribution < 1.29 is 28.7 Å². The van der Waals surface area contributed by atoms with Gasteiger partial charge in [-0.3, -0.25) is 9.59 Å². The zero-order chi connectivity index (χ0) is 31.5. The molecule has 9 nitrogen and oxygen atoms in total. The molecule has 1 atom stereocenters. The Kier molecular flexibility index (Phi) is 10.3. The molecular weight excluding hydrogens is 633 g/mol. The number of amides is 3. The highest BCUT2D eigenvalue weighted by Gasteiger charge is 2.33. The van der Waals surface area contributed by atoms with Crippen molar-refractivity contribution in [1.82, 2.24) is 4.90 Å². The van der Waals surface area contributed by atoms with Gasteiger partial charge in [-0.15, -0.1) is 23.1 Å². The molecule has 2 N–H and O–H groups in total. The number of ether oxygens (including phenoxy) is 2. The van der Waals surface area contributed by atoms with Crippen molar-refractivity contribution in [2.45, 2.75) is 56.4 Å². The molecule has 0 saturated carbocycles. The van der Waals surface area contributed by atoms with E-state index in [0.717, 1.165) is 15.3 Å². The lowest BCUT2D eigenvalue weighted by molar-refractivity contribution is -0.115. The fourth-order valence-electron chi connectivity index (χ4n) is 4.28. The minimum absolute atomic E-state index is 0.236. The number of carbonyl (C=O) groups excluding carboxylic acids is 4. The molecule has 0 saturated heterocycles. The molecule has 228 valence electrons. The van der Waals surface area contributed by atoms with E-state index in [-0.39, 0.29) is 23.0 Å². The molecule has 0 spiro atoms. The molecular formula is C30H31Cl2N3O6S2. The van der Waals surface area contributed by atoms with Crippen LogP contribution in [0.2, 0.25) is 10.0 Å². The van der Waals surface area contributed by atoms with Crippen molar-refractivity contribution in [2.24, 2.45) is 0 Å². The minimum Gasteiger partial charge on any atom is -0.465 e. The molecule has 43 heavy (non-hydrogen) atoms. The van der Waals surface area contributed by atoms with Gasteiger partial charge in [0.1, 0.15) is 10.6 Å². The summed E-state index contributed by atoms with van der Waals surface area (Å²) in [7, 11) is 1.29. The second kappa shape index (κ2) is 13.6. The number of benzene rings is 2. The zero-order valence-electron chi connectivity index (χ0n) is 24.2. The number of hydrogen-bond donors (Lipinski definition) is 2. The van der Waals surface area contributed by atoms with Crippen LogP contribution < -0.4 is 10.6 Å². The van der Waals surface area contributed by atoms with E-state index < -0.39 is 28.8 Å². The standard InChI is InChI=1S/C30H31Cl2N3O6S2/c1-16(42-19-8-6-7-18(14-19)33-26(37)20-10-9-17(31)13-22(20)32)25(36)34-27-24(28(38)40-5)21-11-12-35(15-23(21)43-27)29(39)41-30(2,3)4/h6-10,13-14,16H,11-12,15H2,1-5H3,(H,33,37)(H,34,36). The molecule has 1 aliphatic rings. The quantitative estimate of drug-likeness (QED) is 0.199. The zero-order valence-corrected chi connectivity index (χ0v) is 27.4. The van der Waals surface area contributed by atoms with Gasteiger partial charge in [-0.1, -0.05) is 29.3 Å². The van der Waals surface area contributed by atoms with Crippen LogP contribution in [0.4, 0.5) is 15.5 Å². The Balaban J connectivity index is 1.45. The lowest BCUT2D eigenvalue weighted by Gasteiger charge is -2.30. The fourth-order valence-corrected chi connectivity index (χ4v) is 6.96. The Hall–Kier alpha value is -3.25. The molecule has 1 unspecified atom stereocenters. The monoisotopic (exact) mass is 663 g/mol. The normalized spacial score (nSPS) is 13.5. The van der Waals surface area contributed by atoms with Crippen molar-refractivity contribution in [3.05, 3.63) is 74.1 Å². The number of fused-ring (bicyclic) bond motifs is 1. The molecule has 0 fully saturated rings. The average molecular weight is 665 g/mol. The van der Waals surface area contributed by atoms with E-state index in [4.69, 9.17) is 32.7 Å². The number of nitrogens with one attached hydrogen (secondary N) is 2. The van der Waals surface area contributed by atoms with Crippen LogP contribution in [0.25, 0.3) is 0 Å². The summed E-state index contributed by atoms with van der Waals surface area (Å²) in [4.78, 5) is 54.5. The van der Waals surface area contributed by atoms with E-state index in [1.165, 1.54) is 36.3 Å². The maximum atomic E-state index is 13.3. The lowest BCUT2D eigenvalue weighted by Crippen LogP contribution is -2.39. The first-order chi connectivity index (χ1) is 20.3. The van der Waals surface area contributed by atoms with Crippen LogP contribution in [-0.2, 0) is 27.2 Å². The van der Waals surface area contributed by atoms with Gasteiger partial charge in [0.15, 0.2) is 0 Å². The smallest absolute Gasteiger partial charge is 0.410 e. The van der Waals surface area contributed by atoms with Crippen molar-refractivity contribution in [1.29, 1.82) is 0 Å². The number of esters is 1. The highest BCUT2D eigenvalue weighted by molar-refractivity contribution is 8.00. The Morgan fingerprint density at radius 2 is 1.81 bits per heavy atom. The molecule has 1 aromatic heterocycles. The van der Waals surface area contributed by atoms with Gasteiger partial charge in [0, 0.05) is 27.0 Å². The van der Waals surface area contributed by atoms with Crippen LogP contribution in [0.5, 0.6) is 0 Å². The summed E-state index contributed by atoms with van der Waals surface area (Å²) in [6.45, 7) is 7.79. The number of halogens is 2. The second-order valence-electron chi connectivity index (χ2n) is 10.7. The number of anilines is 2. The maximum Gasteiger partial charge on any atom is 0.410 e. The highest BCUT2D eigenvalue weighted by Crippen LogP contribution is 2.38. The van der Waals surface area contributed by atoms with Gasteiger partial charge in [-0.05, 0) is 76.1 Å². The van der Waals surface area contributed by atoms with Crippen molar-refractivity contribution in [3.63, 3.8) is 0 Å². The molecule has 0 bridgehead atoms. The van der Waals surface area contributed by atoms with Gasteiger partial charge in [0.25, 0.3) is 5.91 Å². The number of nitrogens with zero attached hydrogens (tertiary/aromatic N) is 1. The van der Waals surface area contributed by atoms with Crippen LogP contribution in [0, 0.1) is 0 Å². The molecule has 3 amide bonds. The van der Waals surface area contributed by atoms with E-state index in [2.05, 4.69) is 10.6 Å². The third kappa shape index (κ3) is 8.23. The lowest BCUT2D eigenvalue weighted by atomic mass is 10.0. The van der Waals surface area contributed by atoms with Gasteiger partial charge >= 0.3 is 12.1 Å². The van der Waals surface area contributed by atoms with Crippen LogP contribution in [0.3, 0.4) is 0 Å². The molecule has 4 rings (SSSR count). The number of thioether (sulfide) groups is 1. The van der Waals surface area contributed by atoms with Crippen molar-refractivity contribution in [2.75, 3.05) is 24.3 Å². The highest BCUT2D eigenvalue weighted by atomic mass is 35.5. The van der Waals surface area contributed by atoms with Gasteiger partial charge in [-0.25, -0.2) is 9.59 Å². The second-order valence-corrected chi connectivity index (χ2v) is 14.1. The SMILES string of the molecule is COC(=O)c1c(NC(=O)C(C)Sc2cccc(NC(=O)c3ccc(Cl)cc3Cl)c2)sc2c1CCN(C(=O)OC(C)(C)C)C2. The van der Waals surface area contributed by atoms with Gasteiger partial charge in [-0.2, -0.15) is 0 Å². The summed E-state index contributed by atoms with van der Waals surface area (Å²) < 4.78 is 10.5. The topological polar surface area (TPSA) is 114 Å². The summed E-state index contributed by atoms with van der Waals surface area (Å²) in [6.07, 6.45) is -0.00781. The summed E-state index contributed by atoms with van der Waals surface area (Å²) in [5.41, 5.74) is 1.25. The maximum absolute atomic E-state index is 13.3. The number of carbonyl (C=O) groups is 4. The Morgan fingerprint density at radius 3 is 2.49 bits per heavy atom. The van der Waals surface area contributed by atoms with Crippen LogP contribution >= 0.6 is 46.3 Å². The van der Waals surface area contributed by atoms with Gasteiger partial charge in [0.05, 0.1) is 35.1 Å². The summed E-state index contributed by atoms with van der Waals surface area (Å²) in [6, 6.07) is 11.7. The summed E-state index contributed by atoms with van der Waals surface area (Å²) in [5.74, 6) is -1.26. The summed E-state index contributed by atoms with van der Waals surface area (Å²) in [5, 5.41) is 6.19. The van der Waals surface area contributed by atoms with Gasteiger partial charge < -0.3 is 25.0 Å². The van der Waals surface area contributed by atoms with Crippen LogP contribution in [0.15, 0.2) is 47.4 Å². The molecule has 13 heteroatoms. The van der Waals surface area contributed by atoms with Crippen LogP contribution in [0.1, 0.15) is 58.9 Å². The van der Waals surface area contributed by atoms with Gasteiger partial charge in [0.2, 0.25) is 5.91 Å². The van der Waals surface area contributed by atoms with E-state index in [0.29, 0.717) is 34.2 Å². The number of methoxy groups -OCH3 is 1. The molecule has 1 aliphatic heterocycles. The summed E-state index contributed by atoms with van der Waals surface area (Å²) >= 11 is 14.6. The Labute approximate surface area is 268 Å².